The lowest BCUT2D eigenvalue weighted by molar-refractivity contribution is -0.141. The Labute approximate surface area is 133 Å². The SMILES string of the molecule is CC(C)(C)OC(=O)N(Cl)[C@@H](Cc1ccc(Cl)cc1)C(=O)O. The maximum atomic E-state index is 11.8. The smallest absolute Gasteiger partial charge is 0.425 e. The number of benzene rings is 1. The van der Waals surface area contributed by atoms with Gasteiger partial charge in [-0.3, -0.25) is 0 Å². The number of carboxylic acid groups (broad SMARTS) is 1. The van der Waals surface area contributed by atoms with Crippen LogP contribution in [0.4, 0.5) is 4.79 Å². The summed E-state index contributed by atoms with van der Waals surface area (Å²) in [6.07, 6.45) is -0.847. The monoisotopic (exact) mass is 333 g/mol. The van der Waals surface area contributed by atoms with Gasteiger partial charge in [-0.2, -0.15) is 0 Å². The van der Waals surface area contributed by atoms with Crippen LogP contribution in [0.1, 0.15) is 26.3 Å². The predicted octanol–water partition coefficient (Wildman–Crippen LogP) is 3.73. The van der Waals surface area contributed by atoms with Crippen molar-refractivity contribution < 1.29 is 19.4 Å². The van der Waals surface area contributed by atoms with E-state index in [2.05, 4.69) is 0 Å². The number of rotatable bonds is 4. The molecule has 116 valence electrons. The predicted molar refractivity (Wildman–Crippen MR) is 80.5 cm³/mol. The van der Waals surface area contributed by atoms with Crippen molar-refractivity contribution in [3.8, 4) is 0 Å². The molecule has 0 heterocycles. The van der Waals surface area contributed by atoms with Crippen molar-refractivity contribution in [1.29, 1.82) is 0 Å². The highest BCUT2D eigenvalue weighted by Crippen LogP contribution is 2.18. The molecule has 0 radical (unpaired) electrons. The maximum Gasteiger partial charge on any atom is 0.425 e. The van der Waals surface area contributed by atoms with Gasteiger partial charge in [-0.25, -0.2) is 14.0 Å². The molecule has 0 bridgehead atoms. The molecule has 1 rings (SSSR count). The zero-order chi connectivity index (χ0) is 16.2. The van der Waals surface area contributed by atoms with E-state index in [0.717, 1.165) is 0 Å². The zero-order valence-corrected chi connectivity index (χ0v) is 13.5. The average Bonchev–Trinajstić information content (AvgIpc) is 2.34. The molecule has 1 N–H and O–H groups in total. The third-order valence-electron chi connectivity index (χ3n) is 2.47. The van der Waals surface area contributed by atoms with E-state index in [-0.39, 0.29) is 6.42 Å². The summed E-state index contributed by atoms with van der Waals surface area (Å²) in [5.41, 5.74) is -0.0610. The standard InChI is InChI=1S/C14H17Cl2NO4/c1-14(2,3)21-13(20)17(16)11(12(18)19)8-9-4-6-10(15)7-5-9/h4-7,11H,8H2,1-3H3,(H,18,19)/t11-/m0/s1. The Morgan fingerprint density at radius 3 is 2.24 bits per heavy atom. The minimum atomic E-state index is -1.23. The first-order valence-corrected chi connectivity index (χ1v) is 6.97. The van der Waals surface area contributed by atoms with Crippen molar-refractivity contribution in [3.05, 3.63) is 34.9 Å². The van der Waals surface area contributed by atoms with E-state index in [4.69, 9.17) is 28.1 Å². The molecule has 0 saturated heterocycles. The van der Waals surface area contributed by atoms with Gasteiger partial charge in [0.15, 0.2) is 6.04 Å². The lowest BCUT2D eigenvalue weighted by atomic mass is 10.1. The van der Waals surface area contributed by atoms with Crippen molar-refractivity contribution in [1.82, 2.24) is 4.42 Å². The number of halogens is 2. The average molecular weight is 334 g/mol. The van der Waals surface area contributed by atoms with E-state index < -0.39 is 23.7 Å². The van der Waals surface area contributed by atoms with Gasteiger partial charge in [0.1, 0.15) is 5.60 Å². The normalized spacial score (nSPS) is 12.6. The molecule has 0 spiro atoms. The van der Waals surface area contributed by atoms with Gasteiger partial charge in [0.2, 0.25) is 0 Å². The van der Waals surface area contributed by atoms with Crippen LogP contribution in [-0.4, -0.2) is 33.2 Å². The molecule has 0 aliphatic heterocycles. The van der Waals surface area contributed by atoms with Gasteiger partial charge in [0, 0.05) is 23.2 Å². The fraction of sp³-hybridized carbons (Fsp3) is 0.429. The number of hydrogen-bond acceptors (Lipinski definition) is 3. The summed E-state index contributed by atoms with van der Waals surface area (Å²) in [5, 5.41) is 9.79. The number of nitrogens with zero attached hydrogens (tertiary/aromatic N) is 1. The van der Waals surface area contributed by atoms with E-state index in [1.54, 1.807) is 45.0 Å². The summed E-state index contributed by atoms with van der Waals surface area (Å²) >= 11 is 11.6. The zero-order valence-electron chi connectivity index (χ0n) is 12.0. The largest absolute Gasteiger partial charge is 0.480 e. The van der Waals surface area contributed by atoms with Gasteiger partial charge in [0.05, 0.1) is 0 Å². The second-order valence-corrected chi connectivity index (χ2v) is 6.28. The fourth-order valence-electron chi connectivity index (χ4n) is 1.54. The Bertz CT molecular complexity index is 511. The second-order valence-electron chi connectivity index (χ2n) is 5.48. The summed E-state index contributed by atoms with van der Waals surface area (Å²) in [5.74, 6) is -1.22. The van der Waals surface area contributed by atoms with E-state index in [0.29, 0.717) is 15.0 Å². The summed E-state index contributed by atoms with van der Waals surface area (Å²) < 4.78 is 5.63. The number of carbonyl (C=O) groups is 2. The Hall–Kier alpha value is -1.46. The van der Waals surface area contributed by atoms with E-state index in [1.165, 1.54) is 0 Å². The molecule has 1 aromatic rings. The number of hydrogen-bond donors (Lipinski definition) is 1. The lowest BCUT2D eigenvalue weighted by Gasteiger charge is -2.26. The van der Waals surface area contributed by atoms with Crippen LogP contribution in [-0.2, 0) is 16.0 Å². The molecule has 0 aromatic heterocycles. The first kappa shape index (κ1) is 17.6. The molecule has 0 saturated carbocycles. The minimum absolute atomic E-state index is 0.0508. The Kier molecular flexibility index (Phi) is 5.87. The highest BCUT2D eigenvalue weighted by atomic mass is 35.5. The van der Waals surface area contributed by atoms with Crippen LogP contribution in [0.2, 0.25) is 5.02 Å². The molecule has 0 aliphatic rings. The highest BCUT2D eigenvalue weighted by molar-refractivity contribution is 6.30. The first-order valence-electron chi connectivity index (χ1n) is 6.25. The third kappa shape index (κ3) is 5.81. The Balaban J connectivity index is 2.83. The fourth-order valence-corrected chi connectivity index (χ4v) is 1.85. The molecule has 0 fully saturated rings. The second kappa shape index (κ2) is 7.00. The Morgan fingerprint density at radius 2 is 1.81 bits per heavy atom. The van der Waals surface area contributed by atoms with Crippen LogP contribution < -0.4 is 0 Å². The first-order chi connectivity index (χ1) is 9.60. The van der Waals surface area contributed by atoms with Crippen LogP contribution in [0.15, 0.2) is 24.3 Å². The van der Waals surface area contributed by atoms with Gasteiger partial charge in [-0.15, -0.1) is 0 Å². The molecule has 0 aliphatic carbocycles. The summed E-state index contributed by atoms with van der Waals surface area (Å²) in [6, 6.07) is 5.41. The summed E-state index contributed by atoms with van der Waals surface area (Å²) in [4.78, 5) is 23.2. The van der Waals surface area contributed by atoms with Crippen LogP contribution in [0.25, 0.3) is 0 Å². The summed E-state index contributed by atoms with van der Waals surface area (Å²) in [6.45, 7) is 5.01. The van der Waals surface area contributed by atoms with Crippen molar-refractivity contribution in [2.24, 2.45) is 0 Å². The van der Waals surface area contributed by atoms with Crippen LogP contribution in [0.5, 0.6) is 0 Å². The maximum absolute atomic E-state index is 11.8. The van der Waals surface area contributed by atoms with Gasteiger partial charge < -0.3 is 9.84 Å². The van der Waals surface area contributed by atoms with Crippen LogP contribution >= 0.6 is 23.4 Å². The van der Waals surface area contributed by atoms with E-state index in [9.17, 15) is 14.7 Å². The quantitative estimate of drug-likeness (QED) is 0.852. The van der Waals surface area contributed by atoms with Crippen LogP contribution in [0, 0.1) is 0 Å². The number of aliphatic carboxylic acids is 1. The van der Waals surface area contributed by atoms with Gasteiger partial charge in [-0.1, -0.05) is 23.7 Å². The number of ether oxygens (including phenoxy) is 1. The number of carboxylic acids is 1. The molecular weight excluding hydrogens is 317 g/mol. The highest BCUT2D eigenvalue weighted by Gasteiger charge is 2.32. The van der Waals surface area contributed by atoms with Gasteiger partial charge in [0.25, 0.3) is 0 Å². The van der Waals surface area contributed by atoms with Crippen molar-refractivity contribution in [2.45, 2.75) is 38.8 Å². The molecule has 1 amide bonds. The lowest BCUT2D eigenvalue weighted by Crippen LogP contribution is -2.43. The third-order valence-corrected chi connectivity index (χ3v) is 3.09. The molecule has 0 unspecified atom stereocenters. The van der Waals surface area contributed by atoms with Crippen molar-refractivity contribution in [3.63, 3.8) is 0 Å². The van der Waals surface area contributed by atoms with Gasteiger partial charge in [-0.05, 0) is 38.5 Å². The molecule has 1 atom stereocenters. The molecular formula is C14H17Cl2NO4. The topological polar surface area (TPSA) is 66.8 Å². The van der Waals surface area contributed by atoms with Crippen LogP contribution in [0.3, 0.4) is 0 Å². The molecule has 1 aromatic carbocycles. The minimum Gasteiger partial charge on any atom is -0.480 e. The van der Waals surface area contributed by atoms with E-state index in [1.807, 2.05) is 0 Å². The molecule has 5 nitrogen and oxygen atoms in total. The summed E-state index contributed by atoms with van der Waals surface area (Å²) in [7, 11) is 0. The Morgan fingerprint density at radius 1 is 1.29 bits per heavy atom. The van der Waals surface area contributed by atoms with Crippen molar-refractivity contribution >= 4 is 35.4 Å². The molecule has 21 heavy (non-hydrogen) atoms. The van der Waals surface area contributed by atoms with E-state index >= 15 is 0 Å². The molecule has 7 heteroatoms. The number of carbonyl (C=O) groups excluding carboxylic acids is 1. The number of amides is 1. The van der Waals surface area contributed by atoms with Crippen molar-refractivity contribution in [2.75, 3.05) is 0 Å². The van der Waals surface area contributed by atoms with Gasteiger partial charge >= 0.3 is 12.1 Å².